The minimum absolute atomic E-state index is 0.0335. The smallest absolute Gasteiger partial charge is 0.356 e. The number of halogens is 4. The van der Waals surface area contributed by atoms with E-state index in [9.17, 15) is 18.0 Å². The van der Waals surface area contributed by atoms with E-state index in [1.165, 1.54) is 12.1 Å². The summed E-state index contributed by atoms with van der Waals surface area (Å²) in [6.07, 6.45) is -2.78. The number of alkyl halides is 3. The number of aromatic amines is 1. The second kappa shape index (κ2) is 6.71. The third kappa shape index (κ3) is 4.40. The van der Waals surface area contributed by atoms with Gasteiger partial charge in [-0.25, -0.2) is 0 Å². The molecule has 0 aliphatic rings. The molecule has 2 aromatic rings. The third-order valence-corrected chi connectivity index (χ3v) is 3.11. The Balaban J connectivity index is 1.96. The van der Waals surface area contributed by atoms with Crippen molar-refractivity contribution in [3.8, 4) is 11.8 Å². The van der Waals surface area contributed by atoms with Crippen molar-refractivity contribution in [3.05, 3.63) is 57.8 Å². The average Bonchev–Trinajstić information content (AvgIpc) is 2.89. The zero-order valence-corrected chi connectivity index (χ0v) is 12.7. The highest BCUT2D eigenvalue weighted by atomic mass is 79.9. The lowest BCUT2D eigenvalue weighted by molar-refractivity contribution is -0.137. The normalized spacial score (nSPS) is 10.7. The number of amides is 1. The monoisotopic (exact) mass is 370 g/mol. The molecule has 2 rings (SSSR count). The number of aromatic nitrogens is 1. The lowest BCUT2D eigenvalue weighted by atomic mass is 10.1. The van der Waals surface area contributed by atoms with Gasteiger partial charge in [-0.1, -0.05) is 17.9 Å². The number of hydrogen-bond donors (Lipinski definition) is 2. The molecular weight excluding hydrogens is 361 g/mol. The van der Waals surface area contributed by atoms with Gasteiger partial charge in [-0.15, -0.1) is 0 Å². The lowest BCUT2D eigenvalue weighted by Crippen LogP contribution is -2.23. The summed E-state index contributed by atoms with van der Waals surface area (Å²) >= 11 is 3.20. The van der Waals surface area contributed by atoms with Crippen molar-refractivity contribution in [1.82, 2.24) is 10.3 Å². The Morgan fingerprint density at radius 1 is 1.32 bits per heavy atom. The molecular formula is C15H10BrF3N2O. The van der Waals surface area contributed by atoms with E-state index >= 15 is 0 Å². The Bertz CT molecular complexity index is 741. The predicted octanol–water partition coefficient (Wildman–Crippen LogP) is 3.58. The molecule has 0 aliphatic carbocycles. The molecule has 22 heavy (non-hydrogen) atoms. The van der Waals surface area contributed by atoms with Gasteiger partial charge in [0.15, 0.2) is 0 Å². The zero-order valence-electron chi connectivity index (χ0n) is 11.1. The number of nitrogens with one attached hydrogen (secondary N) is 2. The Morgan fingerprint density at radius 3 is 2.73 bits per heavy atom. The Kier molecular flexibility index (Phi) is 4.93. The second-order valence-corrected chi connectivity index (χ2v) is 5.21. The maximum absolute atomic E-state index is 12.5. The van der Waals surface area contributed by atoms with Crippen molar-refractivity contribution < 1.29 is 18.0 Å². The van der Waals surface area contributed by atoms with Gasteiger partial charge in [0.25, 0.3) is 5.91 Å². The van der Waals surface area contributed by atoms with E-state index in [1.54, 1.807) is 12.3 Å². The number of benzene rings is 1. The standard InChI is InChI=1S/C15H10BrF3N2O/c16-12-8-13(21-9-12)14(22)20-6-2-4-10-3-1-5-11(7-10)15(17,18)19/h1,3,5,7-9,21H,6H2,(H,20,22). The van der Waals surface area contributed by atoms with E-state index in [4.69, 9.17) is 0 Å². The Morgan fingerprint density at radius 2 is 2.09 bits per heavy atom. The topological polar surface area (TPSA) is 44.9 Å². The molecule has 0 fully saturated rings. The summed E-state index contributed by atoms with van der Waals surface area (Å²) in [4.78, 5) is 14.4. The second-order valence-electron chi connectivity index (χ2n) is 4.29. The minimum atomic E-state index is -4.40. The molecule has 1 aromatic carbocycles. The van der Waals surface area contributed by atoms with Crippen molar-refractivity contribution in [2.45, 2.75) is 6.18 Å². The maximum Gasteiger partial charge on any atom is 0.416 e. The lowest BCUT2D eigenvalue weighted by Gasteiger charge is -2.05. The number of rotatable bonds is 2. The van der Waals surface area contributed by atoms with Gasteiger partial charge in [-0.2, -0.15) is 13.2 Å². The van der Waals surface area contributed by atoms with Crippen LogP contribution in [0.15, 0.2) is 41.0 Å². The number of H-pyrrole nitrogens is 1. The van der Waals surface area contributed by atoms with Crippen LogP contribution in [0.2, 0.25) is 0 Å². The van der Waals surface area contributed by atoms with E-state index in [0.29, 0.717) is 5.69 Å². The Labute approximate surface area is 133 Å². The molecule has 0 unspecified atom stereocenters. The van der Waals surface area contributed by atoms with Crippen LogP contribution in [0.3, 0.4) is 0 Å². The van der Waals surface area contributed by atoms with Gasteiger partial charge in [-0.05, 0) is 40.2 Å². The van der Waals surface area contributed by atoms with Crippen molar-refractivity contribution in [2.24, 2.45) is 0 Å². The average molecular weight is 371 g/mol. The molecule has 0 saturated carbocycles. The number of carbonyl (C=O) groups is 1. The molecule has 0 radical (unpaired) electrons. The maximum atomic E-state index is 12.5. The van der Waals surface area contributed by atoms with Gasteiger partial charge < -0.3 is 10.3 Å². The fraction of sp³-hybridized carbons (Fsp3) is 0.133. The highest BCUT2D eigenvalue weighted by Crippen LogP contribution is 2.29. The first-order chi connectivity index (χ1) is 10.4. The molecule has 1 aromatic heterocycles. The first-order valence-corrected chi connectivity index (χ1v) is 6.94. The summed E-state index contributed by atoms with van der Waals surface area (Å²) < 4.78 is 38.4. The molecule has 0 aliphatic heterocycles. The van der Waals surface area contributed by atoms with Gasteiger partial charge in [0.05, 0.1) is 12.1 Å². The van der Waals surface area contributed by atoms with Crippen molar-refractivity contribution in [1.29, 1.82) is 0 Å². The SMILES string of the molecule is O=C(NCC#Cc1cccc(C(F)(F)F)c1)c1cc(Br)c[nH]1. The van der Waals surface area contributed by atoms with Crippen LogP contribution in [0, 0.1) is 11.8 Å². The first-order valence-electron chi connectivity index (χ1n) is 6.14. The predicted molar refractivity (Wildman–Crippen MR) is 79.1 cm³/mol. The van der Waals surface area contributed by atoms with Crippen LogP contribution in [0.1, 0.15) is 21.6 Å². The van der Waals surface area contributed by atoms with E-state index in [2.05, 4.69) is 38.1 Å². The van der Waals surface area contributed by atoms with E-state index < -0.39 is 11.7 Å². The van der Waals surface area contributed by atoms with E-state index in [0.717, 1.165) is 16.6 Å². The summed E-state index contributed by atoms with van der Waals surface area (Å²) in [5, 5.41) is 2.54. The van der Waals surface area contributed by atoms with Crippen LogP contribution in [0.4, 0.5) is 13.2 Å². The summed E-state index contributed by atoms with van der Waals surface area (Å²) in [6, 6.07) is 6.33. The summed E-state index contributed by atoms with van der Waals surface area (Å²) in [7, 11) is 0. The number of carbonyl (C=O) groups excluding carboxylic acids is 1. The highest BCUT2D eigenvalue weighted by molar-refractivity contribution is 9.10. The Hall–Kier alpha value is -2.20. The van der Waals surface area contributed by atoms with Crippen molar-refractivity contribution >= 4 is 21.8 Å². The van der Waals surface area contributed by atoms with Gasteiger partial charge in [0, 0.05) is 16.2 Å². The first kappa shape index (κ1) is 16.2. The van der Waals surface area contributed by atoms with Crippen LogP contribution in [-0.2, 0) is 6.18 Å². The molecule has 0 atom stereocenters. The number of hydrogen-bond acceptors (Lipinski definition) is 1. The quantitative estimate of drug-likeness (QED) is 0.779. The fourth-order valence-corrected chi connectivity index (χ4v) is 1.98. The van der Waals surface area contributed by atoms with Crippen LogP contribution in [-0.4, -0.2) is 17.4 Å². The van der Waals surface area contributed by atoms with Gasteiger partial charge in [0.1, 0.15) is 5.69 Å². The summed E-state index contributed by atoms with van der Waals surface area (Å²) in [6.45, 7) is 0.0335. The van der Waals surface area contributed by atoms with Gasteiger partial charge >= 0.3 is 6.18 Å². The third-order valence-electron chi connectivity index (χ3n) is 2.65. The summed E-state index contributed by atoms with van der Waals surface area (Å²) in [5.41, 5.74) is -0.140. The van der Waals surface area contributed by atoms with Gasteiger partial charge in [-0.3, -0.25) is 4.79 Å². The highest BCUT2D eigenvalue weighted by Gasteiger charge is 2.30. The largest absolute Gasteiger partial charge is 0.416 e. The molecule has 1 amide bonds. The van der Waals surface area contributed by atoms with E-state index in [-0.39, 0.29) is 18.0 Å². The molecule has 1 heterocycles. The van der Waals surface area contributed by atoms with Crippen LogP contribution < -0.4 is 5.32 Å². The molecule has 114 valence electrons. The van der Waals surface area contributed by atoms with Crippen LogP contribution >= 0.6 is 15.9 Å². The van der Waals surface area contributed by atoms with E-state index in [1.807, 2.05) is 0 Å². The molecule has 3 nitrogen and oxygen atoms in total. The fourth-order valence-electron chi connectivity index (χ4n) is 1.64. The minimum Gasteiger partial charge on any atom is -0.356 e. The molecule has 0 bridgehead atoms. The zero-order chi connectivity index (χ0) is 16.2. The molecule has 2 N–H and O–H groups in total. The molecule has 0 spiro atoms. The van der Waals surface area contributed by atoms with Crippen molar-refractivity contribution in [3.63, 3.8) is 0 Å². The van der Waals surface area contributed by atoms with Crippen LogP contribution in [0.5, 0.6) is 0 Å². The van der Waals surface area contributed by atoms with Crippen LogP contribution in [0.25, 0.3) is 0 Å². The van der Waals surface area contributed by atoms with Crippen molar-refractivity contribution in [2.75, 3.05) is 6.54 Å². The van der Waals surface area contributed by atoms with Gasteiger partial charge in [0.2, 0.25) is 0 Å². The summed E-state index contributed by atoms with van der Waals surface area (Å²) in [5.74, 6) is 4.85. The molecule has 0 saturated heterocycles. The molecule has 7 heteroatoms.